The summed E-state index contributed by atoms with van der Waals surface area (Å²) in [6.45, 7) is 0.529. The lowest BCUT2D eigenvalue weighted by atomic mass is 10.2. The molecule has 1 heterocycles. The molecule has 4 heteroatoms. The molecule has 4 nitrogen and oxygen atoms in total. The van der Waals surface area contributed by atoms with Crippen LogP contribution < -0.4 is 10.1 Å². The first kappa shape index (κ1) is 16.0. The van der Waals surface area contributed by atoms with Gasteiger partial charge in [0.1, 0.15) is 12.4 Å². The molecule has 0 fully saturated rings. The number of nitrogens with one attached hydrogen (secondary N) is 1. The van der Waals surface area contributed by atoms with Crippen molar-refractivity contribution < 1.29 is 9.15 Å². The van der Waals surface area contributed by atoms with Crippen molar-refractivity contribution in [3.63, 3.8) is 0 Å². The Balaban J connectivity index is 1.46. The number of hydrogen-bond acceptors (Lipinski definition) is 4. The quantitative estimate of drug-likeness (QED) is 0.491. The Kier molecular flexibility index (Phi) is 4.65. The number of hydrogen-bond donors (Lipinski definition) is 1. The van der Waals surface area contributed by atoms with Gasteiger partial charge in [-0.05, 0) is 29.8 Å². The number of benzene rings is 3. The molecule has 0 spiro atoms. The standard InChI is InChI=1S/C22H18N2O2/c1-3-8-17(9-4-1)16-25-20-13-7-10-18(14-20)21-15-23-22(26-21)24-19-11-5-2-6-12-19/h1-15H,16H2,(H,23,24). The van der Waals surface area contributed by atoms with E-state index in [0.29, 0.717) is 18.4 Å². The van der Waals surface area contributed by atoms with Crippen LogP contribution >= 0.6 is 0 Å². The minimum absolute atomic E-state index is 0.460. The van der Waals surface area contributed by atoms with E-state index in [2.05, 4.69) is 10.3 Å². The van der Waals surface area contributed by atoms with Crippen molar-refractivity contribution in [3.8, 4) is 17.1 Å². The summed E-state index contributed by atoms with van der Waals surface area (Å²) in [4.78, 5) is 4.29. The molecule has 4 rings (SSSR count). The molecule has 0 aliphatic carbocycles. The van der Waals surface area contributed by atoms with E-state index in [1.54, 1.807) is 6.20 Å². The third-order valence-corrected chi connectivity index (χ3v) is 3.90. The van der Waals surface area contributed by atoms with E-state index < -0.39 is 0 Å². The molecule has 0 aliphatic rings. The van der Waals surface area contributed by atoms with E-state index in [1.807, 2.05) is 84.9 Å². The van der Waals surface area contributed by atoms with Crippen LogP contribution in [0.15, 0.2) is 95.5 Å². The molecule has 3 aromatic carbocycles. The van der Waals surface area contributed by atoms with E-state index in [0.717, 1.165) is 22.6 Å². The van der Waals surface area contributed by atoms with Crippen LogP contribution in [-0.4, -0.2) is 4.98 Å². The first-order valence-corrected chi connectivity index (χ1v) is 8.42. The van der Waals surface area contributed by atoms with Crippen molar-refractivity contribution in [3.05, 3.63) is 96.7 Å². The highest BCUT2D eigenvalue weighted by Gasteiger charge is 2.08. The molecule has 0 bridgehead atoms. The second kappa shape index (κ2) is 7.57. The molecule has 0 saturated heterocycles. The Labute approximate surface area is 152 Å². The molecule has 0 aliphatic heterocycles. The van der Waals surface area contributed by atoms with Gasteiger partial charge in [0.15, 0.2) is 5.76 Å². The average Bonchev–Trinajstić information content (AvgIpc) is 3.17. The first-order chi connectivity index (χ1) is 12.9. The fourth-order valence-corrected chi connectivity index (χ4v) is 2.59. The maximum atomic E-state index is 5.88. The Bertz CT molecular complexity index is 966. The van der Waals surface area contributed by atoms with Gasteiger partial charge < -0.3 is 14.5 Å². The highest BCUT2D eigenvalue weighted by Crippen LogP contribution is 2.27. The SMILES string of the molecule is c1ccc(COc2cccc(-c3cnc(Nc4ccccc4)o3)c2)cc1. The summed E-state index contributed by atoms with van der Waals surface area (Å²) in [6.07, 6.45) is 1.71. The summed E-state index contributed by atoms with van der Waals surface area (Å²) in [7, 11) is 0. The topological polar surface area (TPSA) is 47.3 Å². The highest BCUT2D eigenvalue weighted by molar-refractivity contribution is 5.61. The van der Waals surface area contributed by atoms with Crippen LogP contribution in [0.4, 0.5) is 11.7 Å². The number of aromatic nitrogens is 1. The molecule has 1 aromatic heterocycles. The van der Waals surface area contributed by atoms with Gasteiger partial charge in [-0.1, -0.05) is 60.7 Å². The Hall–Kier alpha value is -3.53. The molecule has 128 valence electrons. The van der Waals surface area contributed by atoms with Gasteiger partial charge >= 0.3 is 0 Å². The van der Waals surface area contributed by atoms with Crippen molar-refractivity contribution >= 4 is 11.7 Å². The number of anilines is 2. The van der Waals surface area contributed by atoms with Crippen LogP contribution in [0.2, 0.25) is 0 Å². The van der Waals surface area contributed by atoms with E-state index in [1.165, 1.54) is 0 Å². The lowest BCUT2D eigenvalue weighted by molar-refractivity contribution is 0.306. The molecular weight excluding hydrogens is 324 g/mol. The fraction of sp³-hybridized carbons (Fsp3) is 0.0455. The summed E-state index contributed by atoms with van der Waals surface area (Å²) < 4.78 is 11.7. The Morgan fingerprint density at radius 3 is 2.42 bits per heavy atom. The zero-order chi connectivity index (χ0) is 17.6. The van der Waals surface area contributed by atoms with E-state index in [4.69, 9.17) is 9.15 Å². The molecule has 26 heavy (non-hydrogen) atoms. The largest absolute Gasteiger partial charge is 0.489 e. The maximum Gasteiger partial charge on any atom is 0.299 e. The highest BCUT2D eigenvalue weighted by atomic mass is 16.5. The molecule has 0 unspecified atom stereocenters. The van der Waals surface area contributed by atoms with Gasteiger partial charge in [0.05, 0.1) is 6.20 Å². The van der Waals surface area contributed by atoms with Crippen molar-refractivity contribution in [2.45, 2.75) is 6.61 Å². The van der Waals surface area contributed by atoms with Crippen LogP contribution in [0.3, 0.4) is 0 Å². The summed E-state index contributed by atoms with van der Waals surface area (Å²) in [5.74, 6) is 1.48. The number of oxazole rings is 1. The molecule has 0 atom stereocenters. The third kappa shape index (κ3) is 3.92. The number of para-hydroxylation sites is 1. The van der Waals surface area contributed by atoms with Gasteiger partial charge in [-0.15, -0.1) is 0 Å². The van der Waals surface area contributed by atoms with Gasteiger partial charge in [-0.2, -0.15) is 0 Å². The predicted octanol–water partition coefficient (Wildman–Crippen LogP) is 5.66. The zero-order valence-corrected chi connectivity index (χ0v) is 14.1. The number of ether oxygens (including phenoxy) is 1. The summed E-state index contributed by atoms with van der Waals surface area (Å²) in [5, 5.41) is 3.15. The summed E-state index contributed by atoms with van der Waals surface area (Å²) in [6, 6.07) is 28.2. The van der Waals surface area contributed by atoms with Crippen LogP contribution in [0.25, 0.3) is 11.3 Å². The molecule has 0 radical (unpaired) electrons. The van der Waals surface area contributed by atoms with Gasteiger partial charge in [0.25, 0.3) is 6.01 Å². The molecular formula is C22H18N2O2. The van der Waals surface area contributed by atoms with E-state index in [-0.39, 0.29) is 0 Å². The molecule has 1 N–H and O–H groups in total. The van der Waals surface area contributed by atoms with Crippen LogP contribution in [0.1, 0.15) is 5.56 Å². The number of nitrogens with zero attached hydrogens (tertiary/aromatic N) is 1. The maximum absolute atomic E-state index is 5.88. The van der Waals surface area contributed by atoms with Gasteiger partial charge in [0, 0.05) is 11.3 Å². The fourth-order valence-electron chi connectivity index (χ4n) is 2.59. The van der Waals surface area contributed by atoms with Crippen molar-refractivity contribution in [2.24, 2.45) is 0 Å². The van der Waals surface area contributed by atoms with Gasteiger partial charge in [-0.3, -0.25) is 0 Å². The lowest BCUT2D eigenvalue weighted by Crippen LogP contribution is -1.94. The lowest BCUT2D eigenvalue weighted by Gasteiger charge is -2.07. The van der Waals surface area contributed by atoms with Crippen molar-refractivity contribution in [1.29, 1.82) is 0 Å². The summed E-state index contributed by atoms with van der Waals surface area (Å²) in [5.41, 5.74) is 2.98. The average molecular weight is 342 g/mol. The molecule has 0 amide bonds. The minimum atomic E-state index is 0.460. The normalized spacial score (nSPS) is 10.5. The van der Waals surface area contributed by atoms with E-state index >= 15 is 0 Å². The molecule has 0 saturated carbocycles. The van der Waals surface area contributed by atoms with E-state index in [9.17, 15) is 0 Å². The Morgan fingerprint density at radius 1 is 0.846 bits per heavy atom. The van der Waals surface area contributed by atoms with Crippen LogP contribution in [0.5, 0.6) is 5.75 Å². The third-order valence-electron chi connectivity index (χ3n) is 3.90. The number of rotatable bonds is 6. The zero-order valence-electron chi connectivity index (χ0n) is 14.1. The first-order valence-electron chi connectivity index (χ1n) is 8.42. The van der Waals surface area contributed by atoms with Crippen LogP contribution in [-0.2, 0) is 6.61 Å². The van der Waals surface area contributed by atoms with Crippen LogP contribution in [0, 0.1) is 0 Å². The summed E-state index contributed by atoms with van der Waals surface area (Å²) >= 11 is 0. The Morgan fingerprint density at radius 2 is 1.62 bits per heavy atom. The van der Waals surface area contributed by atoms with Crippen molar-refractivity contribution in [2.75, 3.05) is 5.32 Å². The van der Waals surface area contributed by atoms with Gasteiger partial charge in [-0.25, -0.2) is 4.98 Å². The smallest absolute Gasteiger partial charge is 0.299 e. The second-order valence-corrected chi connectivity index (χ2v) is 5.82. The van der Waals surface area contributed by atoms with Gasteiger partial charge in [0.2, 0.25) is 0 Å². The second-order valence-electron chi connectivity index (χ2n) is 5.82. The minimum Gasteiger partial charge on any atom is -0.489 e. The molecule has 4 aromatic rings. The van der Waals surface area contributed by atoms with Crippen molar-refractivity contribution in [1.82, 2.24) is 4.98 Å². The monoisotopic (exact) mass is 342 g/mol. The predicted molar refractivity (Wildman–Crippen MR) is 102 cm³/mol.